The van der Waals surface area contributed by atoms with Crippen molar-refractivity contribution in [1.29, 1.82) is 5.41 Å². The maximum atomic E-state index is 7.60. The molecule has 0 saturated carbocycles. The molecular weight excluding hydrogens is 252 g/mol. The molecule has 0 aliphatic carbocycles. The van der Waals surface area contributed by atoms with Crippen molar-refractivity contribution in [3.63, 3.8) is 0 Å². The molecule has 0 fully saturated rings. The second-order valence-corrected chi connectivity index (χ2v) is 4.68. The van der Waals surface area contributed by atoms with E-state index in [9.17, 15) is 0 Å². The summed E-state index contributed by atoms with van der Waals surface area (Å²) < 4.78 is 1.81. The third-order valence-corrected chi connectivity index (χ3v) is 3.32. The number of aromatic nitrogens is 4. The summed E-state index contributed by atoms with van der Waals surface area (Å²) >= 11 is 0. The number of amidine groups is 1. The van der Waals surface area contributed by atoms with Crippen LogP contribution in [0.25, 0.3) is 16.9 Å². The van der Waals surface area contributed by atoms with Crippen LogP contribution in [0.5, 0.6) is 0 Å². The Morgan fingerprint density at radius 1 is 1.10 bits per heavy atom. The molecule has 0 bridgehead atoms. The van der Waals surface area contributed by atoms with E-state index in [1.165, 1.54) is 17.3 Å². The molecule has 3 N–H and O–H groups in total. The highest BCUT2D eigenvalue weighted by atomic mass is 15.1. The second-order valence-electron chi connectivity index (χ2n) is 4.68. The van der Waals surface area contributed by atoms with E-state index in [0.717, 1.165) is 11.0 Å². The molecule has 1 aromatic carbocycles. The van der Waals surface area contributed by atoms with Crippen molar-refractivity contribution in [3.05, 3.63) is 47.7 Å². The summed E-state index contributed by atoms with van der Waals surface area (Å²) in [5.74, 6) is 0.407. The van der Waals surface area contributed by atoms with Crippen LogP contribution >= 0.6 is 0 Å². The Bertz CT molecular complexity index is 818. The van der Waals surface area contributed by atoms with Crippen LogP contribution < -0.4 is 5.73 Å². The molecule has 20 heavy (non-hydrogen) atoms. The number of rotatable bonds is 2. The first-order valence-corrected chi connectivity index (χ1v) is 6.18. The number of benzene rings is 1. The van der Waals surface area contributed by atoms with Crippen LogP contribution in [-0.2, 0) is 0 Å². The summed E-state index contributed by atoms with van der Waals surface area (Å²) in [6.07, 6.45) is 4.78. The van der Waals surface area contributed by atoms with Crippen LogP contribution in [0.4, 0.5) is 0 Å². The molecule has 0 aliphatic rings. The highest BCUT2D eigenvalue weighted by Gasteiger charge is 2.13. The van der Waals surface area contributed by atoms with Gasteiger partial charge in [0, 0.05) is 12.4 Å². The van der Waals surface area contributed by atoms with Gasteiger partial charge in [0.05, 0.1) is 11.0 Å². The lowest BCUT2D eigenvalue weighted by atomic mass is 10.1. The molecule has 0 radical (unpaired) electrons. The number of imidazole rings is 1. The van der Waals surface area contributed by atoms with E-state index in [0.29, 0.717) is 11.5 Å². The van der Waals surface area contributed by atoms with Gasteiger partial charge in [-0.2, -0.15) is 0 Å². The highest BCUT2D eigenvalue weighted by Crippen LogP contribution is 2.21. The van der Waals surface area contributed by atoms with Crippen molar-refractivity contribution in [2.45, 2.75) is 13.8 Å². The van der Waals surface area contributed by atoms with E-state index in [1.807, 2.05) is 10.6 Å². The van der Waals surface area contributed by atoms with Gasteiger partial charge < -0.3 is 5.73 Å². The molecule has 0 aliphatic heterocycles. The Hall–Kier alpha value is -2.76. The average Bonchev–Trinajstić information content (AvgIpc) is 2.82. The molecule has 0 amide bonds. The van der Waals surface area contributed by atoms with Crippen molar-refractivity contribution in [3.8, 4) is 5.82 Å². The first-order chi connectivity index (χ1) is 9.58. The second kappa shape index (κ2) is 4.41. The summed E-state index contributed by atoms with van der Waals surface area (Å²) in [5.41, 5.74) is 10.1. The van der Waals surface area contributed by atoms with Gasteiger partial charge in [0.2, 0.25) is 0 Å². The molecule has 0 saturated heterocycles. The first-order valence-electron chi connectivity index (χ1n) is 6.18. The molecule has 2 heterocycles. The van der Waals surface area contributed by atoms with E-state index in [-0.39, 0.29) is 5.84 Å². The number of fused-ring (bicyclic) bond motifs is 1. The SMILES string of the molecule is Cc1cc2ncn(-c3nccnc3C(=N)N)c2cc1C. The summed E-state index contributed by atoms with van der Waals surface area (Å²) in [7, 11) is 0. The van der Waals surface area contributed by atoms with Crippen molar-refractivity contribution in [1.82, 2.24) is 19.5 Å². The summed E-state index contributed by atoms with van der Waals surface area (Å²) in [5, 5.41) is 7.60. The normalized spacial score (nSPS) is 10.9. The molecule has 3 aromatic rings. The van der Waals surface area contributed by atoms with Crippen LogP contribution in [0.1, 0.15) is 16.8 Å². The van der Waals surface area contributed by atoms with Crippen molar-refractivity contribution >= 4 is 16.9 Å². The van der Waals surface area contributed by atoms with Gasteiger partial charge in [0.25, 0.3) is 0 Å². The number of nitrogens with two attached hydrogens (primary N) is 1. The van der Waals surface area contributed by atoms with Gasteiger partial charge in [-0.3, -0.25) is 9.98 Å². The molecule has 100 valence electrons. The lowest BCUT2D eigenvalue weighted by molar-refractivity contribution is 0.983. The average molecular weight is 266 g/mol. The zero-order valence-electron chi connectivity index (χ0n) is 11.3. The third kappa shape index (κ3) is 1.82. The van der Waals surface area contributed by atoms with Crippen LogP contribution in [0.2, 0.25) is 0 Å². The molecule has 0 spiro atoms. The predicted molar refractivity (Wildman–Crippen MR) is 77.2 cm³/mol. The smallest absolute Gasteiger partial charge is 0.168 e. The fourth-order valence-electron chi connectivity index (χ4n) is 2.13. The van der Waals surface area contributed by atoms with Gasteiger partial charge in [0.1, 0.15) is 17.9 Å². The molecule has 2 aromatic heterocycles. The van der Waals surface area contributed by atoms with Crippen molar-refractivity contribution in [2.24, 2.45) is 5.73 Å². The number of nitrogens with zero attached hydrogens (tertiary/aromatic N) is 4. The summed E-state index contributed by atoms with van der Waals surface area (Å²) in [4.78, 5) is 12.8. The number of hydrogen-bond acceptors (Lipinski definition) is 4. The van der Waals surface area contributed by atoms with Gasteiger partial charge in [-0.15, -0.1) is 0 Å². The van der Waals surface area contributed by atoms with Gasteiger partial charge in [-0.05, 0) is 37.1 Å². The van der Waals surface area contributed by atoms with Crippen LogP contribution in [0, 0.1) is 19.3 Å². The van der Waals surface area contributed by atoms with E-state index in [4.69, 9.17) is 11.1 Å². The van der Waals surface area contributed by atoms with E-state index in [1.54, 1.807) is 12.5 Å². The Balaban J connectivity index is 2.31. The fraction of sp³-hybridized carbons (Fsp3) is 0.143. The minimum atomic E-state index is -0.112. The molecule has 0 unspecified atom stereocenters. The largest absolute Gasteiger partial charge is 0.382 e. The standard InChI is InChI=1S/C14H14N6/c1-8-5-10-11(6-9(8)2)20(7-19-10)14-12(13(15)16)17-3-4-18-14/h3-7H,1-2H3,(H3,15,16). The summed E-state index contributed by atoms with van der Waals surface area (Å²) in [6, 6.07) is 4.08. The van der Waals surface area contributed by atoms with Crippen LogP contribution in [0.3, 0.4) is 0 Å². The number of nitrogens with one attached hydrogen (secondary N) is 1. The van der Waals surface area contributed by atoms with E-state index in [2.05, 4.69) is 34.9 Å². The monoisotopic (exact) mass is 266 g/mol. The maximum Gasteiger partial charge on any atom is 0.168 e. The molecule has 6 heteroatoms. The van der Waals surface area contributed by atoms with Crippen LogP contribution in [0.15, 0.2) is 30.9 Å². The van der Waals surface area contributed by atoms with Gasteiger partial charge in [-0.25, -0.2) is 15.0 Å². The fourth-order valence-corrected chi connectivity index (χ4v) is 2.13. The number of aryl methyl sites for hydroxylation is 2. The van der Waals surface area contributed by atoms with Crippen molar-refractivity contribution < 1.29 is 0 Å². The van der Waals surface area contributed by atoms with E-state index < -0.39 is 0 Å². The van der Waals surface area contributed by atoms with Gasteiger partial charge in [0.15, 0.2) is 5.82 Å². The third-order valence-electron chi connectivity index (χ3n) is 3.32. The summed E-state index contributed by atoms with van der Waals surface area (Å²) in [6.45, 7) is 4.10. The Morgan fingerprint density at radius 2 is 1.80 bits per heavy atom. The Labute approximate surface area is 115 Å². The zero-order chi connectivity index (χ0) is 14.3. The maximum absolute atomic E-state index is 7.60. The molecule has 3 rings (SSSR count). The lowest BCUT2D eigenvalue weighted by Crippen LogP contribution is -2.17. The Kier molecular flexibility index (Phi) is 2.71. The molecule has 6 nitrogen and oxygen atoms in total. The van der Waals surface area contributed by atoms with E-state index >= 15 is 0 Å². The molecule has 0 atom stereocenters. The first kappa shape index (κ1) is 12.3. The number of nitrogen functional groups attached to an aromatic ring is 1. The minimum Gasteiger partial charge on any atom is -0.382 e. The quantitative estimate of drug-likeness (QED) is 0.545. The van der Waals surface area contributed by atoms with Crippen molar-refractivity contribution in [2.75, 3.05) is 0 Å². The predicted octanol–water partition coefficient (Wildman–Crippen LogP) is 1.72. The van der Waals surface area contributed by atoms with Crippen LogP contribution in [-0.4, -0.2) is 25.4 Å². The minimum absolute atomic E-state index is 0.112. The molecular formula is C14H14N6. The lowest BCUT2D eigenvalue weighted by Gasteiger charge is -2.08. The van der Waals surface area contributed by atoms with Gasteiger partial charge in [-0.1, -0.05) is 0 Å². The number of hydrogen-bond donors (Lipinski definition) is 2. The topological polar surface area (TPSA) is 93.5 Å². The zero-order valence-corrected chi connectivity index (χ0v) is 11.3. The van der Waals surface area contributed by atoms with Gasteiger partial charge >= 0.3 is 0 Å². The Morgan fingerprint density at radius 3 is 2.55 bits per heavy atom. The highest BCUT2D eigenvalue weighted by molar-refractivity contribution is 5.96.